The van der Waals surface area contributed by atoms with Gasteiger partial charge in [-0.3, -0.25) is 9.80 Å². The number of hydrogen-bond donors (Lipinski definition) is 3. The first kappa shape index (κ1) is 18.4. The number of carboxylic acids is 2. The van der Waals surface area contributed by atoms with E-state index in [4.69, 9.17) is 0 Å². The van der Waals surface area contributed by atoms with Crippen LogP contribution in [0.1, 0.15) is 26.7 Å². The van der Waals surface area contributed by atoms with E-state index in [1.54, 1.807) is 30.3 Å². The van der Waals surface area contributed by atoms with Crippen LogP contribution in [0.2, 0.25) is 0 Å². The molecule has 1 aromatic rings. The highest BCUT2D eigenvalue weighted by Gasteiger charge is 2.37. The molecule has 1 heterocycles. The van der Waals surface area contributed by atoms with Crippen molar-refractivity contribution >= 4 is 29.2 Å². The summed E-state index contributed by atoms with van der Waals surface area (Å²) in [5, 5.41) is 26.4. The summed E-state index contributed by atoms with van der Waals surface area (Å²) in [7, 11) is 0. The van der Waals surface area contributed by atoms with Gasteiger partial charge in [0.1, 0.15) is 11.8 Å². The average Bonchev–Trinajstić information content (AvgIpc) is 3.00. The quantitative estimate of drug-likeness (QED) is 0.684. The number of carboxylic acid groups (broad SMARTS) is 2. The number of benzene rings is 1. The van der Waals surface area contributed by atoms with E-state index in [-0.39, 0.29) is 24.5 Å². The maximum Gasteiger partial charge on any atom is 0.328 e. The number of anilines is 1. The zero-order chi connectivity index (χ0) is 18.6. The van der Waals surface area contributed by atoms with Crippen molar-refractivity contribution in [2.75, 3.05) is 5.01 Å². The lowest BCUT2D eigenvalue weighted by molar-refractivity contribution is -0.141. The van der Waals surface area contributed by atoms with E-state index in [9.17, 15) is 24.6 Å². The highest BCUT2D eigenvalue weighted by molar-refractivity contribution is 6.40. The van der Waals surface area contributed by atoms with Crippen LogP contribution in [0.15, 0.2) is 35.4 Å². The number of rotatable bonds is 7. The van der Waals surface area contributed by atoms with Crippen molar-refractivity contribution in [3.8, 4) is 0 Å². The summed E-state index contributed by atoms with van der Waals surface area (Å²) in [5.74, 6) is -2.81. The molecule has 0 saturated heterocycles. The van der Waals surface area contributed by atoms with Crippen LogP contribution >= 0.6 is 0 Å². The fourth-order valence-electron chi connectivity index (χ4n) is 2.59. The molecule has 1 aliphatic rings. The number of carbonyl (C=O) groups is 3. The topological polar surface area (TPSA) is 119 Å². The largest absolute Gasteiger partial charge is 0.480 e. The van der Waals surface area contributed by atoms with Crippen LogP contribution in [-0.2, 0) is 14.4 Å². The second kappa shape index (κ2) is 7.78. The molecule has 8 nitrogen and oxygen atoms in total. The monoisotopic (exact) mass is 347 g/mol. The number of hydrazone groups is 1. The fraction of sp³-hybridized carbons (Fsp3) is 0.412. The van der Waals surface area contributed by atoms with Gasteiger partial charge in [-0.25, -0.2) is 9.59 Å². The Labute approximate surface area is 145 Å². The van der Waals surface area contributed by atoms with Gasteiger partial charge < -0.3 is 15.5 Å². The van der Waals surface area contributed by atoms with Gasteiger partial charge in [0.25, 0.3) is 5.91 Å². The molecule has 134 valence electrons. The van der Waals surface area contributed by atoms with Crippen molar-refractivity contribution < 1.29 is 24.6 Å². The van der Waals surface area contributed by atoms with Crippen LogP contribution in [0.3, 0.4) is 0 Å². The molecule has 1 aromatic carbocycles. The van der Waals surface area contributed by atoms with E-state index < -0.39 is 29.9 Å². The number of hydrogen-bond acceptors (Lipinski definition) is 5. The van der Waals surface area contributed by atoms with Gasteiger partial charge >= 0.3 is 11.9 Å². The van der Waals surface area contributed by atoms with Gasteiger partial charge in [0.15, 0.2) is 6.04 Å². The molecule has 0 aromatic heterocycles. The van der Waals surface area contributed by atoms with E-state index in [0.717, 1.165) is 0 Å². The predicted molar refractivity (Wildman–Crippen MR) is 91.4 cm³/mol. The van der Waals surface area contributed by atoms with Crippen molar-refractivity contribution in [1.29, 1.82) is 0 Å². The highest BCUT2D eigenvalue weighted by atomic mass is 16.4. The lowest BCUT2D eigenvalue weighted by Crippen LogP contribution is -2.44. The molecule has 1 amide bonds. The number of nitrogens with one attached hydrogen (secondary N) is 1. The van der Waals surface area contributed by atoms with E-state index in [1.807, 2.05) is 13.8 Å². The van der Waals surface area contributed by atoms with Crippen molar-refractivity contribution in [3.05, 3.63) is 30.3 Å². The van der Waals surface area contributed by atoms with E-state index in [0.29, 0.717) is 5.69 Å². The van der Waals surface area contributed by atoms with E-state index >= 15 is 0 Å². The third-order valence-electron chi connectivity index (χ3n) is 3.79. The summed E-state index contributed by atoms with van der Waals surface area (Å²) >= 11 is 0. The second-order valence-corrected chi connectivity index (χ2v) is 6.28. The molecule has 0 saturated carbocycles. The number of aliphatic carboxylic acids is 2. The molecule has 8 heteroatoms. The number of carbonyl (C=O) groups excluding carboxylic acids is 1. The summed E-state index contributed by atoms with van der Waals surface area (Å²) < 4.78 is 0. The van der Waals surface area contributed by atoms with Crippen LogP contribution in [0.25, 0.3) is 0 Å². The maximum absolute atomic E-state index is 12.4. The minimum Gasteiger partial charge on any atom is -0.480 e. The fourth-order valence-corrected chi connectivity index (χ4v) is 2.59. The van der Waals surface area contributed by atoms with Crippen molar-refractivity contribution in [3.63, 3.8) is 0 Å². The van der Waals surface area contributed by atoms with Gasteiger partial charge in [0.05, 0.1) is 5.69 Å². The molecule has 1 unspecified atom stereocenters. The minimum atomic E-state index is -1.13. The van der Waals surface area contributed by atoms with Gasteiger partial charge in [0.2, 0.25) is 0 Å². The number of nitrogens with zero attached hydrogens (tertiary/aromatic N) is 2. The van der Waals surface area contributed by atoms with Crippen LogP contribution in [0.4, 0.5) is 5.69 Å². The third kappa shape index (κ3) is 4.56. The standard InChI is InChI=1S/C17H21N3O5/c1-10(2)8-13(16(22)23)18-15(21)12-9-14(17(24)25)20(19-12)11-6-4-3-5-7-11/h3-7,10,13-14H,8-9H2,1-2H3,(H,18,21)(H,22,23)(H,24,25)/t13-,14?/m1/s1. The van der Waals surface area contributed by atoms with Crippen LogP contribution in [-0.4, -0.2) is 45.9 Å². The molecular weight excluding hydrogens is 326 g/mol. The SMILES string of the molecule is CC(C)C[C@@H](NC(=O)C1=NN(c2ccccc2)C(C(=O)O)C1)C(=O)O. The van der Waals surface area contributed by atoms with Gasteiger partial charge in [0, 0.05) is 6.42 Å². The Bertz CT molecular complexity index is 687. The first-order valence-electron chi connectivity index (χ1n) is 7.97. The van der Waals surface area contributed by atoms with Gasteiger partial charge in [-0.05, 0) is 24.5 Å². The first-order chi connectivity index (χ1) is 11.8. The van der Waals surface area contributed by atoms with Crippen LogP contribution in [0, 0.1) is 5.92 Å². The molecule has 0 fully saturated rings. The smallest absolute Gasteiger partial charge is 0.328 e. The molecule has 0 bridgehead atoms. The molecular formula is C17H21N3O5. The number of amides is 1. The Morgan fingerprint density at radius 1 is 1.24 bits per heavy atom. The van der Waals surface area contributed by atoms with Crippen molar-refractivity contribution in [2.45, 2.75) is 38.8 Å². The maximum atomic E-state index is 12.4. The molecule has 25 heavy (non-hydrogen) atoms. The molecule has 2 rings (SSSR count). The summed E-state index contributed by atoms with van der Waals surface area (Å²) in [6.07, 6.45) is 0.184. The Balaban J connectivity index is 2.19. The van der Waals surface area contributed by atoms with Crippen molar-refractivity contribution in [1.82, 2.24) is 5.32 Å². The average molecular weight is 347 g/mol. The molecule has 3 N–H and O–H groups in total. The highest BCUT2D eigenvalue weighted by Crippen LogP contribution is 2.24. The third-order valence-corrected chi connectivity index (χ3v) is 3.79. The van der Waals surface area contributed by atoms with Crippen LogP contribution in [0.5, 0.6) is 0 Å². The predicted octanol–water partition coefficient (Wildman–Crippen LogP) is 1.32. The van der Waals surface area contributed by atoms with Gasteiger partial charge in [-0.2, -0.15) is 5.10 Å². The molecule has 2 atom stereocenters. The Morgan fingerprint density at radius 2 is 1.88 bits per heavy atom. The summed E-state index contributed by atoms with van der Waals surface area (Å²) in [4.78, 5) is 35.1. The zero-order valence-electron chi connectivity index (χ0n) is 14.0. The number of para-hydroxylation sites is 1. The van der Waals surface area contributed by atoms with E-state index in [2.05, 4.69) is 10.4 Å². The molecule has 0 spiro atoms. The second-order valence-electron chi connectivity index (χ2n) is 6.28. The first-order valence-corrected chi connectivity index (χ1v) is 7.97. The summed E-state index contributed by atoms with van der Waals surface area (Å²) in [6.45, 7) is 3.71. The van der Waals surface area contributed by atoms with Gasteiger partial charge in [-0.15, -0.1) is 0 Å². The van der Waals surface area contributed by atoms with Crippen LogP contribution < -0.4 is 10.3 Å². The van der Waals surface area contributed by atoms with Gasteiger partial charge in [-0.1, -0.05) is 32.0 Å². The summed E-state index contributed by atoms with van der Waals surface area (Å²) in [5.41, 5.74) is 0.556. The molecule has 0 radical (unpaired) electrons. The molecule has 1 aliphatic heterocycles. The molecule has 0 aliphatic carbocycles. The lowest BCUT2D eigenvalue weighted by Gasteiger charge is -2.19. The lowest BCUT2D eigenvalue weighted by atomic mass is 10.0. The Morgan fingerprint density at radius 3 is 2.40 bits per heavy atom. The van der Waals surface area contributed by atoms with E-state index in [1.165, 1.54) is 5.01 Å². The van der Waals surface area contributed by atoms with Crippen molar-refractivity contribution in [2.24, 2.45) is 11.0 Å². The Hall–Kier alpha value is -2.90. The zero-order valence-corrected chi connectivity index (χ0v) is 14.0. The normalized spacial score (nSPS) is 18.0. The summed E-state index contributed by atoms with van der Waals surface area (Å²) in [6, 6.07) is 6.62. The Kier molecular flexibility index (Phi) is 5.74. The minimum absolute atomic E-state index is 0.00580.